The molecule has 1 aliphatic heterocycles. The average molecular weight is 1090 g/mol. The van der Waals surface area contributed by atoms with Gasteiger partial charge in [-0.25, -0.2) is 4.79 Å². The molecule has 3 N–H and O–H groups in total. The molecule has 1 rings (SSSR count). The van der Waals surface area contributed by atoms with E-state index in [-0.39, 0.29) is 25.9 Å². The van der Waals surface area contributed by atoms with Gasteiger partial charge in [0.1, 0.15) is 18.8 Å². The van der Waals surface area contributed by atoms with Gasteiger partial charge < -0.3 is 39.0 Å². The molecule has 77 heavy (non-hydrogen) atoms. The lowest BCUT2D eigenvalue weighted by Gasteiger charge is -2.40. The highest BCUT2D eigenvalue weighted by Crippen LogP contribution is 2.27. The fraction of sp³-hybridized carbons (Fsp3) is 0.846. The topological polar surface area (TPSA) is 175 Å². The molecule has 0 spiro atoms. The van der Waals surface area contributed by atoms with Crippen molar-refractivity contribution in [2.45, 2.75) is 340 Å². The second-order valence-corrected chi connectivity index (χ2v) is 22.0. The molecule has 6 unspecified atom stereocenters. The molecule has 12 heteroatoms. The average Bonchev–Trinajstić information content (AvgIpc) is 3.42. The molecule has 6 atom stereocenters. The van der Waals surface area contributed by atoms with Gasteiger partial charge in [-0.2, -0.15) is 0 Å². The molecule has 0 aliphatic carbocycles. The van der Waals surface area contributed by atoms with Crippen LogP contribution in [0.1, 0.15) is 303 Å². The zero-order valence-electron chi connectivity index (χ0n) is 49.5. The Labute approximate surface area is 470 Å². The van der Waals surface area contributed by atoms with Crippen molar-refractivity contribution >= 4 is 23.9 Å². The first kappa shape index (κ1) is 72.0. The van der Waals surface area contributed by atoms with Crippen LogP contribution in [0.25, 0.3) is 0 Å². The lowest BCUT2D eigenvalue weighted by Crippen LogP contribution is -2.61. The Morgan fingerprint density at radius 3 is 1.25 bits per heavy atom. The molecule has 0 aromatic carbocycles. The van der Waals surface area contributed by atoms with E-state index in [9.17, 15) is 34.5 Å². The van der Waals surface area contributed by atoms with Crippen molar-refractivity contribution in [1.82, 2.24) is 0 Å². The summed E-state index contributed by atoms with van der Waals surface area (Å²) in [6.45, 7) is 5.95. The predicted octanol–water partition coefficient (Wildman–Crippen LogP) is 16.8. The van der Waals surface area contributed by atoms with Gasteiger partial charge in [-0.05, 0) is 70.6 Å². The van der Waals surface area contributed by atoms with Crippen LogP contribution in [-0.4, -0.2) is 89.2 Å². The Balaban J connectivity index is 2.64. The minimum Gasteiger partial charge on any atom is -0.479 e. The van der Waals surface area contributed by atoms with E-state index in [0.717, 1.165) is 96.3 Å². The highest BCUT2D eigenvalue weighted by atomic mass is 16.7. The number of carbonyl (C=O) groups excluding carboxylic acids is 3. The number of aliphatic hydroxyl groups is 2. The van der Waals surface area contributed by atoms with Gasteiger partial charge in [0.25, 0.3) is 0 Å². The van der Waals surface area contributed by atoms with Gasteiger partial charge in [-0.3, -0.25) is 14.4 Å². The maximum atomic E-state index is 13.2. The summed E-state index contributed by atoms with van der Waals surface area (Å²) in [6, 6.07) is 0. The summed E-state index contributed by atoms with van der Waals surface area (Å²) in [5.41, 5.74) is 0. The van der Waals surface area contributed by atoms with E-state index in [4.69, 9.17) is 23.7 Å². The Hall–Kier alpha value is -3.06. The van der Waals surface area contributed by atoms with Crippen LogP contribution in [0, 0.1) is 0 Å². The number of unbranched alkanes of at least 4 members (excludes halogenated alkanes) is 35. The number of aliphatic hydroxyl groups excluding tert-OH is 2. The van der Waals surface area contributed by atoms with Crippen LogP contribution in [0.4, 0.5) is 0 Å². The van der Waals surface area contributed by atoms with Gasteiger partial charge in [-0.1, -0.05) is 250 Å². The van der Waals surface area contributed by atoms with Crippen LogP contribution in [-0.2, 0) is 42.9 Å². The molecule has 1 aliphatic rings. The number of rotatable bonds is 55. The molecule has 0 aromatic rings. The van der Waals surface area contributed by atoms with Crippen molar-refractivity contribution in [3.8, 4) is 0 Å². The standard InChI is InChI=1S/C65H116O12/c1-4-7-10-13-16-19-22-24-26-28-29-31-32-34-37-39-42-45-48-51-57(66)73-54-56(75-58(67)52-49-46-43-41-38-35-33-30-27-25-23-20-17-14-11-8-5-2)55-74-65-63(61(70)60(69)62(77-65)64(71)72)76-59(68)53-50-47-44-40-36-21-18-15-12-9-6-3/h15,17-18,20,25,27,56,60-63,65,69-70H,4-14,16,19,21-24,26,28-55H2,1-3H3,(H,71,72)/b18-15-,20-17-,27-25-. The molecule has 0 saturated carbocycles. The highest BCUT2D eigenvalue weighted by molar-refractivity contribution is 5.74. The van der Waals surface area contributed by atoms with Gasteiger partial charge in [0.15, 0.2) is 24.6 Å². The second kappa shape index (κ2) is 53.6. The molecule has 448 valence electrons. The van der Waals surface area contributed by atoms with Crippen molar-refractivity contribution in [1.29, 1.82) is 0 Å². The van der Waals surface area contributed by atoms with Crippen LogP contribution in [0.3, 0.4) is 0 Å². The number of hydrogen-bond donors (Lipinski definition) is 3. The minimum atomic E-state index is -1.90. The van der Waals surface area contributed by atoms with Crippen LogP contribution < -0.4 is 0 Å². The molecule has 0 bridgehead atoms. The van der Waals surface area contributed by atoms with E-state index in [2.05, 4.69) is 57.2 Å². The number of hydrogen-bond acceptors (Lipinski definition) is 11. The molecule has 1 fully saturated rings. The van der Waals surface area contributed by atoms with E-state index >= 15 is 0 Å². The highest BCUT2D eigenvalue weighted by Gasteiger charge is 2.50. The number of carboxylic acids is 1. The van der Waals surface area contributed by atoms with Crippen molar-refractivity contribution in [3.63, 3.8) is 0 Å². The molecule has 0 radical (unpaired) electrons. The minimum absolute atomic E-state index is 0.0518. The largest absolute Gasteiger partial charge is 0.479 e. The first-order valence-corrected chi connectivity index (χ1v) is 32.0. The summed E-state index contributed by atoms with van der Waals surface area (Å²) >= 11 is 0. The monoisotopic (exact) mass is 1090 g/mol. The van der Waals surface area contributed by atoms with Gasteiger partial charge in [-0.15, -0.1) is 0 Å². The summed E-state index contributed by atoms with van der Waals surface area (Å²) in [6.07, 6.45) is 51.2. The Morgan fingerprint density at radius 1 is 0.429 bits per heavy atom. The first-order chi connectivity index (χ1) is 37.6. The van der Waals surface area contributed by atoms with Crippen LogP contribution in [0.15, 0.2) is 36.5 Å². The molecular formula is C65H116O12. The maximum Gasteiger partial charge on any atom is 0.335 e. The fourth-order valence-electron chi connectivity index (χ4n) is 9.73. The second-order valence-electron chi connectivity index (χ2n) is 22.0. The maximum absolute atomic E-state index is 13.2. The van der Waals surface area contributed by atoms with Crippen molar-refractivity contribution in [3.05, 3.63) is 36.5 Å². The SMILES string of the molecule is CCCC/C=C\CCCCCCCC(=O)OC1C(OCC(COC(=O)CCCCCCCCCCCCCCCCCCCCC)OC(=O)CCCCCCCCC/C=C\C/C=C\CCCCC)OC(C(=O)O)C(O)C1O. The summed E-state index contributed by atoms with van der Waals surface area (Å²) in [4.78, 5) is 51.2. The Kier molecular flexibility index (Phi) is 50.1. The van der Waals surface area contributed by atoms with E-state index in [1.54, 1.807) is 0 Å². The molecule has 0 aromatic heterocycles. The predicted molar refractivity (Wildman–Crippen MR) is 313 cm³/mol. The summed E-state index contributed by atoms with van der Waals surface area (Å²) in [7, 11) is 0. The number of ether oxygens (including phenoxy) is 5. The third-order valence-corrected chi connectivity index (χ3v) is 14.7. The number of carbonyl (C=O) groups is 4. The third-order valence-electron chi connectivity index (χ3n) is 14.7. The Morgan fingerprint density at radius 2 is 0.792 bits per heavy atom. The van der Waals surface area contributed by atoms with Crippen LogP contribution >= 0.6 is 0 Å². The summed E-state index contributed by atoms with van der Waals surface area (Å²) in [5, 5.41) is 31.5. The number of carboxylic acid groups (broad SMARTS) is 1. The summed E-state index contributed by atoms with van der Waals surface area (Å²) in [5.74, 6) is -3.11. The van der Waals surface area contributed by atoms with Gasteiger partial charge in [0.2, 0.25) is 0 Å². The van der Waals surface area contributed by atoms with Crippen molar-refractivity contribution in [2.24, 2.45) is 0 Å². The molecule has 12 nitrogen and oxygen atoms in total. The quantitative estimate of drug-likeness (QED) is 0.0228. The molecule has 1 heterocycles. The number of allylic oxidation sites excluding steroid dienone is 6. The van der Waals surface area contributed by atoms with Crippen LogP contribution in [0.2, 0.25) is 0 Å². The van der Waals surface area contributed by atoms with E-state index in [1.165, 1.54) is 148 Å². The molecule has 1 saturated heterocycles. The fourth-order valence-corrected chi connectivity index (χ4v) is 9.73. The molecular weight excluding hydrogens is 973 g/mol. The Bertz CT molecular complexity index is 1480. The van der Waals surface area contributed by atoms with Crippen molar-refractivity contribution < 1.29 is 58.2 Å². The zero-order chi connectivity index (χ0) is 56.1. The lowest BCUT2D eigenvalue weighted by atomic mass is 9.98. The first-order valence-electron chi connectivity index (χ1n) is 32.0. The van der Waals surface area contributed by atoms with E-state index < -0.39 is 67.3 Å². The summed E-state index contributed by atoms with van der Waals surface area (Å²) < 4.78 is 28.5. The lowest BCUT2D eigenvalue weighted by molar-refractivity contribution is -0.301. The van der Waals surface area contributed by atoms with E-state index in [0.29, 0.717) is 19.3 Å². The van der Waals surface area contributed by atoms with Crippen LogP contribution in [0.5, 0.6) is 0 Å². The smallest absolute Gasteiger partial charge is 0.335 e. The number of esters is 3. The normalized spacial score (nSPS) is 18.2. The zero-order valence-corrected chi connectivity index (χ0v) is 49.5. The van der Waals surface area contributed by atoms with Crippen molar-refractivity contribution in [2.75, 3.05) is 13.2 Å². The van der Waals surface area contributed by atoms with Gasteiger partial charge in [0.05, 0.1) is 6.61 Å². The number of aliphatic carboxylic acids is 1. The van der Waals surface area contributed by atoms with E-state index in [1.807, 2.05) is 0 Å². The molecule has 0 amide bonds. The van der Waals surface area contributed by atoms with Gasteiger partial charge >= 0.3 is 23.9 Å². The van der Waals surface area contributed by atoms with Gasteiger partial charge in [0, 0.05) is 19.3 Å². The third kappa shape index (κ3) is 43.4.